The first kappa shape index (κ1) is 14.9. The van der Waals surface area contributed by atoms with Gasteiger partial charge in [0.1, 0.15) is 0 Å². The molecule has 0 aliphatic rings. The van der Waals surface area contributed by atoms with Crippen LogP contribution in [-0.4, -0.2) is 13.5 Å². The Balaban J connectivity index is 1.95. The topological polar surface area (TPSA) is 17.1 Å². The number of rotatable bonds is 5. The van der Waals surface area contributed by atoms with Gasteiger partial charge in [-0.25, -0.2) is 0 Å². The SMILES string of the molecule is O=[As](CCc1ccccc1)(c1ccccc1)c1ccccc1. The second-order valence-electron chi connectivity index (χ2n) is 5.37. The average molecular weight is 350 g/mol. The van der Waals surface area contributed by atoms with E-state index in [-0.39, 0.29) is 0 Å². The van der Waals surface area contributed by atoms with Crippen molar-refractivity contribution >= 4 is 22.2 Å². The second kappa shape index (κ2) is 6.85. The molecule has 3 rings (SSSR count). The molecule has 0 aliphatic carbocycles. The van der Waals surface area contributed by atoms with Gasteiger partial charge in [0.05, 0.1) is 0 Å². The van der Waals surface area contributed by atoms with E-state index in [4.69, 9.17) is 0 Å². The van der Waals surface area contributed by atoms with Gasteiger partial charge in [-0.2, -0.15) is 0 Å². The Bertz CT molecular complexity index is 708. The normalized spacial score (nSPS) is 11.3. The molecule has 0 saturated carbocycles. The molecule has 3 aromatic carbocycles. The predicted octanol–water partition coefficient (Wildman–Crippen LogP) is 3.42. The molecule has 0 spiro atoms. The fourth-order valence-electron chi connectivity index (χ4n) is 2.68. The summed E-state index contributed by atoms with van der Waals surface area (Å²) in [5.74, 6) is 0. The van der Waals surface area contributed by atoms with Crippen LogP contribution in [0.2, 0.25) is 5.21 Å². The molecule has 0 fully saturated rings. The summed E-state index contributed by atoms with van der Waals surface area (Å²) in [6.45, 7) is 0. The summed E-state index contributed by atoms with van der Waals surface area (Å²) in [5.41, 5.74) is 1.25. The molecule has 22 heavy (non-hydrogen) atoms. The van der Waals surface area contributed by atoms with Crippen molar-refractivity contribution in [2.24, 2.45) is 0 Å². The third-order valence-electron chi connectivity index (χ3n) is 3.90. The first-order valence-corrected chi connectivity index (χ1v) is 11.5. The van der Waals surface area contributed by atoms with E-state index in [0.29, 0.717) is 0 Å². The van der Waals surface area contributed by atoms with Crippen LogP contribution in [0.25, 0.3) is 0 Å². The number of benzene rings is 3. The van der Waals surface area contributed by atoms with E-state index in [1.54, 1.807) is 0 Å². The van der Waals surface area contributed by atoms with Gasteiger partial charge in [-0.15, -0.1) is 0 Å². The van der Waals surface area contributed by atoms with Crippen LogP contribution in [0.4, 0.5) is 0 Å². The van der Waals surface area contributed by atoms with E-state index in [2.05, 4.69) is 12.1 Å². The van der Waals surface area contributed by atoms with Gasteiger partial charge >= 0.3 is 134 Å². The molecule has 0 bridgehead atoms. The van der Waals surface area contributed by atoms with Crippen molar-refractivity contribution in [1.82, 2.24) is 0 Å². The van der Waals surface area contributed by atoms with Gasteiger partial charge < -0.3 is 0 Å². The minimum atomic E-state index is -3.34. The number of hydrogen-bond acceptors (Lipinski definition) is 1. The average Bonchev–Trinajstić information content (AvgIpc) is 2.62. The number of aryl methyl sites for hydroxylation is 1. The third-order valence-corrected chi connectivity index (χ3v) is 10.4. The fourth-order valence-corrected chi connectivity index (χ4v) is 8.33. The first-order valence-electron chi connectivity index (χ1n) is 7.53. The van der Waals surface area contributed by atoms with Crippen LogP contribution in [0.5, 0.6) is 0 Å². The molecule has 0 atom stereocenters. The van der Waals surface area contributed by atoms with E-state index in [0.717, 1.165) is 20.3 Å². The molecule has 0 radical (unpaired) electrons. The molecular formula is C20H19AsO. The van der Waals surface area contributed by atoms with E-state index in [9.17, 15) is 3.74 Å². The van der Waals surface area contributed by atoms with Gasteiger partial charge in [0.15, 0.2) is 0 Å². The van der Waals surface area contributed by atoms with Crippen LogP contribution >= 0.6 is 0 Å². The quantitative estimate of drug-likeness (QED) is 0.645. The van der Waals surface area contributed by atoms with Gasteiger partial charge in [-0.05, 0) is 0 Å². The van der Waals surface area contributed by atoms with E-state index in [1.165, 1.54) is 5.56 Å². The Kier molecular flexibility index (Phi) is 4.65. The molecule has 0 N–H and O–H groups in total. The van der Waals surface area contributed by atoms with Gasteiger partial charge in [0.2, 0.25) is 0 Å². The fraction of sp³-hybridized carbons (Fsp3) is 0.100. The summed E-state index contributed by atoms with van der Waals surface area (Å²) in [4.78, 5) is 0. The van der Waals surface area contributed by atoms with Crippen LogP contribution in [0.15, 0.2) is 91.0 Å². The molecule has 0 amide bonds. The van der Waals surface area contributed by atoms with Crippen molar-refractivity contribution in [1.29, 1.82) is 0 Å². The summed E-state index contributed by atoms with van der Waals surface area (Å²) in [5, 5.41) is 0.719. The van der Waals surface area contributed by atoms with E-state index in [1.807, 2.05) is 78.9 Å². The third kappa shape index (κ3) is 3.26. The van der Waals surface area contributed by atoms with Gasteiger partial charge in [0.25, 0.3) is 0 Å². The Morgan fingerprint density at radius 1 is 0.591 bits per heavy atom. The summed E-state index contributed by atoms with van der Waals surface area (Å²) >= 11 is -3.34. The Labute approximate surface area is 134 Å². The molecule has 0 heterocycles. The van der Waals surface area contributed by atoms with Gasteiger partial charge in [-0.3, -0.25) is 0 Å². The molecule has 0 aromatic heterocycles. The Morgan fingerprint density at radius 3 is 1.45 bits per heavy atom. The zero-order chi connectivity index (χ0) is 15.3. The Morgan fingerprint density at radius 2 is 1.00 bits per heavy atom. The maximum absolute atomic E-state index is 13.9. The summed E-state index contributed by atoms with van der Waals surface area (Å²) in [6, 6.07) is 30.2. The maximum atomic E-state index is 13.9. The zero-order valence-electron chi connectivity index (χ0n) is 12.4. The monoisotopic (exact) mass is 350 g/mol. The molecule has 1 nitrogen and oxygen atoms in total. The van der Waals surface area contributed by atoms with E-state index < -0.39 is 13.5 Å². The summed E-state index contributed by atoms with van der Waals surface area (Å²) in [7, 11) is 0. The van der Waals surface area contributed by atoms with Crippen LogP contribution < -0.4 is 8.70 Å². The van der Waals surface area contributed by atoms with E-state index >= 15 is 0 Å². The molecule has 110 valence electrons. The van der Waals surface area contributed by atoms with Crippen molar-refractivity contribution in [2.45, 2.75) is 11.6 Å². The van der Waals surface area contributed by atoms with Crippen LogP contribution in [0.1, 0.15) is 5.56 Å². The van der Waals surface area contributed by atoms with Crippen molar-refractivity contribution in [3.05, 3.63) is 96.6 Å². The minimum absolute atomic E-state index is 0.719. The molecule has 0 unspecified atom stereocenters. The van der Waals surface area contributed by atoms with Crippen LogP contribution in [-0.2, 0) is 10.2 Å². The zero-order valence-corrected chi connectivity index (χ0v) is 14.3. The van der Waals surface area contributed by atoms with Crippen molar-refractivity contribution in [2.75, 3.05) is 0 Å². The second-order valence-corrected chi connectivity index (χ2v) is 11.6. The summed E-state index contributed by atoms with van der Waals surface area (Å²) < 4.78 is 15.9. The van der Waals surface area contributed by atoms with Gasteiger partial charge in [0, 0.05) is 0 Å². The summed E-state index contributed by atoms with van der Waals surface area (Å²) in [6.07, 6.45) is 0.848. The first-order chi connectivity index (χ1) is 10.8. The molecule has 3 aromatic rings. The molecule has 2 heteroatoms. The number of hydrogen-bond donors (Lipinski definition) is 0. The molecular weight excluding hydrogens is 331 g/mol. The van der Waals surface area contributed by atoms with Crippen molar-refractivity contribution < 1.29 is 3.74 Å². The van der Waals surface area contributed by atoms with Crippen molar-refractivity contribution in [3.63, 3.8) is 0 Å². The van der Waals surface area contributed by atoms with Gasteiger partial charge in [-0.1, -0.05) is 0 Å². The standard InChI is InChI=1S/C20H19AsO/c22-21(19-12-6-2-7-13-19,20-14-8-3-9-15-20)17-16-18-10-4-1-5-11-18/h1-15H,16-17H2. The predicted molar refractivity (Wildman–Crippen MR) is 93.5 cm³/mol. The molecule has 0 aliphatic heterocycles. The Hall–Kier alpha value is -1.98. The van der Waals surface area contributed by atoms with Crippen LogP contribution in [0, 0.1) is 0 Å². The van der Waals surface area contributed by atoms with Crippen LogP contribution in [0.3, 0.4) is 0 Å². The van der Waals surface area contributed by atoms with Crippen molar-refractivity contribution in [3.8, 4) is 0 Å². The molecule has 0 saturated heterocycles.